The quantitative estimate of drug-likeness (QED) is 0.688. The highest BCUT2D eigenvalue weighted by Gasteiger charge is 2.11. The van der Waals surface area contributed by atoms with E-state index in [4.69, 9.17) is 4.74 Å². The maximum absolute atomic E-state index is 11.8. The molecular formula is C19H24N4O4. The van der Waals surface area contributed by atoms with Crippen LogP contribution in [0.2, 0.25) is 0 Å². The van der Waals surface area contributed by atoms with Gasteiger partial charge in [-0.05, 0) is 30.0 Å². The van der Waals surface area contributed by atoms with Crippen LogP contribution in [0.25, 0.3) is 5.69 Å². The molecule has 0 fully saturated rings. The highest BCUT2D eigenvalue weighted by molar-refractivity contribution is 5.95. The van der Waals surface area contributed by atoms with E-state index in [0.29, 0.717) is 13.0 Å². The Morgan fingerprint density at radius 1 is 1.19 bits per heavy atom. The number of imide groups is 1. The Balaban J connectivity index is 1.68. The molecule has 0 aliphatic carbocycles. The van der Waals surface area contributed by atoms with Gasteiger partial charge in [-0.25, -0.2) is 9.48 Å². The van der Waals surface area contributed by atoms with E-state index in [1.165, 1.54) is 0 Å². The zero-order valence-electron chi connectivity index (χ0n) is 15.5. The number of urea groups is 1. The first kappa shape index (κ1) is 20.2. The molecule has 2 N–H and O–H groups in total. The summed E-state index contributed by atoms with van der Waals surface area (Å²) in [7, 11) is 0. The van der Waals surface area contributed by atoms with Crippen molar-refractivity contribution < 1.29 is 19.1 Å². The average Bonchev–Trinajstić information content (AvgIpc) is 3.13. The van der Waals surface area contributed by atoms with Crippen molar-refractivity contribution in [1.82, 2.24) is 20.4 Å². The lowest BCUT2D eigenvalue weighted by Crippen LogP contribution is -2.42. The zero-order chi connectivity index (χ0) is 19.6. The van der Waals surface area contributed by atoms with Gasteiger partial charge >= 0.3 is 12.0 Å². The number of amides is 3. The molecule has 3 amide bonds. The molecule has 0 atom stereocenters. The van der Waals surface area contributed by atoms with Crippen LogP contribution >= 0.6 is 0 Å². The molecule has 0 bridgehead atoms. The summed E-state index contributed by atoms with van der Waals surface area (Å²) in [6.45, 7) is 3.84. The molecule has 0 spiro atoms. The van der Waals surface area contributed by atoms with Crippen LogP contribution in [-0.4, -0.2) is 40.8 Å². The van der Waals surface area contributed by atoms with Crippen molar-refractivity contribution in [2.24, 2.45) is 5.92 Å². The molecule has 0 unspecified atom stereocenters. The predicted molar refractivity (Wildman–Crippen MR) is 99.2 cm³/mol. The van der Waals surface area contributed by atoms with Gasteiger partial charge in [0.1, 0.15) is 0 Å². The van der Waals surface area contributed by atoms with Gasteiger partial charge in [-0.2, -0.15) is 5.10 Å². The molecular weight excluding hydrogens is 348 g/mol. The van der Waals surface area contributed by atoms with Crippen molar-refractivity contribution in [3.63, 3.8) is 0 Å². The van der Waals surface area contributed by atoms with Crippen LogP contribution in [0.1, 0.15) is 25.8 Å². The van der Waals surface area contributed by atoms with E-state index >= 15 is 0 Å². The standard InChI is InChI=1S/C19H24N4O4/c1-14(2)10-20-19(26)22-17(24)13-27-18(25)9-8-15-11-21-23(12-15)16-6-4-3-5-7-16/h3-7,11-12,14H,8-10,13H2,1-2H3,(H2,20,22,24,26). The Hall–Kier alpha value is -3.16. The fourth-order valence-electron chi connectivity index (χ4n) is 2.18. The summed E-state index contributed by atoms with van der Waals surface area (Å²) >= 11 is 0. The monoisotopic (exact) mass is 372 g/mol. The third-order valence-electron chi connectivity index (χ3n) is 3.56. The fraction of sp³-hybridized carbons (Fsp3) is 0.368. The molecule has 27 heavy (non-hydrogen) atoms. The summed E-state index contributed by atoms with van der Waals surface area (Å²) in [6, 6.07) is 9.03. The van der Waals surface area contributed by atoms with Gasteiger partial charge in [0.15, 0.2) is 6.61 Å². The molecule has 0 aliphatic heterocycles. The number of hydrogen-bond acceptors (Lipinski definition) is 5. The van der Waals surface area contributed by atoms with E-state index in [1.54, 1.807) is 10.9 Å². The first-order valence-electron chi connectivity index (χ1n) is 8.76. The largest absolute Gasteiger partial charge is 0.456 e. The van der Waals surface area contributed by atoms with Gasteiger partial charge in [-0.3, -0.25) is 14.9 Å². The van der Waals surface area contributed by atoms with Crippen LogP contribution in [0.3, 0.4) is 0 Å². The second-order valence-electron chi connectivity index (χ2n) is 6.44. The second-order valence-corrected chi connectivity index (χ2v) is 6.44. The molecule has 0 saturated heterocycles. The van der Waals surface area contributed by atoms with Crippen molar-refractivity contribution in [2.75, 3.05) is 13.2 Å². The summed E-state index contributed by atoms with van der Waals surface area (Å²) in [5.41, 5.74) is 1.81. The number of rotatable bonds is 8. The third-order valence-corrected chi connectivity index (χ3v) is 3.56. The molecule has 8 heteroatoms. The highest BCUT2D eigenvalue weighted by Crippen LogP contribution is 2.09. The topological polar surface area (TPSA) is 102 Å². The lowest BCUT2D eigenvalue weighted by molar-refractivity contribution is -0.148. The van der Waals surface area contributed by atoms with Crippen LogP contribution < -0.4 is 10.6 Å². The van der Waals surface area contributed by atoms with E-state index in [0.717, 1.165) is 11.3 Å². The molecule has 1 aromatic heterocycles. The number of nitrogens with zero attached hydrogens (tertiary/aromatic N) is 2. The number of carbonyl (C=O) groups excluding carboxylic acids is 3. The molecule has 0 aliphatic rings. The lowest BCUT2D eigenvalue weighted by Gasteiger charge is -2.08. The third kappa shape index (κ3) is 7.31. The van der Waals surface area contributed by atoms with Gasteiger partial charge in [0.05, 0.1) is 11.9 Å². The second kappa shape index (κ2) is 10.1. The van der Waals surface area contributed by atoms with Crippen molar-refractivity contribution in [3.8, 4) is 5.69 Å². The number of ether oxygens (including phenoxy) is 1. The summed E-state index contributed by atoms with van der Waals surface area (Å²) < 4.78 is 6.61. The molecule has 2 rings (SSSR count). The van der Waals surface area contributed by atoms with Crippen molar-refractivity contribution in [3.05, 3.63) is 48.3 Å². The molecule has 1 heterocycles. The van der Waals surface area contributed by atoms with E-state index in [-0.39, 0.29) is 12.3 Å². The van der Waals surface area contributed by atoms with E-state index in [9.17, 15) is 14.4 Å². The SMILES string of the molecule is CC(C)CNC(=O)NC(=O)COC(=O)CCc1cnn(-c2ccccc2)c1. The molecule has 2 aromatic rings. The summed E-state index contributed by atoms with van der Waals surface area (Å²) in [5.74, 6) is -0.906. The average molecular weight is 372 g/mol. The maximum Gasteiger partial charge on any atom is 0.321 e. The highest BCUT2D eigenvalue weighted by atomic mass is 16.5. The number of esters is 1. The van der Waals surface area contributed by atoms with E-state index < -0.39 is 24.5 Å². The number of nitrogens with one attached hydrogen (secondary N) is 2. The molecule has 1 aromatic carbocycles. The Kier molecular flexibility index (Phi) is 7.54. The maximum atomic E-state index is 11.8. The summed E-state index contributed by atoms with van der Waals surface area (Å²) in [6.07, 6.45) is 4.09. The number of carbonyl (C=O) groups is 3. The van der Waals surface area contributed by atoms with Gasteiger partial charge in [0.25, 0.3) is 5.91 Å². The first-order chi connectivity index (χ1) is 12.9. The van der Waals surface area contributed by atoms with E-state index in [1.807, 2.05) is 50.4 Å². The fourth-order valence-corrected chi connectivity index (χ4v) is 2.18. The Morgan fingerprint density at radius 3 is 2.63 bits per heavy atom. The van der Waals surface area contributed by atoms with Gasteiger partial charge in [0, 0.05) is 19.2 Å². The zero-order valence-corrected chi connectivity index (χ0v) is 15.5. The minimum Gasteiger partial charge on any atom is -0.456 e. The molecule has 0 saturated carbocycles. The van der Waals surface area contributed by atoms with E-state index in [2.05, 4.69) is 15.7 Å². The lowest BCUT2D eigenvalue weighted by atomic mass is 10.2. The van der Waals surface area contributed by atoms with Crippen molar-refractivity contribution in [2.45, 2.75) is 26.7 Å². The Morgan fingerprint density at radius 2 is 1.93 bits per heavy atom. The molecule has 0 radical (unpaired) electrons. The van der Waals surface area contributed by atoms with Crippen LogP contribution in [-0.2, 0) is 20.7 Å². The Bertz CT molecular complexity index is 771. The number of aromatic nitrogens is 2. The van der Waals surface area contributed by atoms with Gasteiger partial charge in [0.2, 0.25) is 0 Å². The van der Waals surface area contributed by atoms with Gasteiger partial charge < -0.3 is 10.1 Å². The minimum atomic E-state index is -0.665. The summed E-state index contributed by atoms with van der Waals surface area (Å²) in [4.78, 5) is 34.8. The smallest absolute Gasteiger partial charge is 0.321 e. The summed E-state index contributed by atoms with van der Waals surface area (Å²) in [5, 5.41) is 8.91. The predicted octanol–water partition coefficient (Wildman–Crippen LogP) is 1.83. The number of para-hydroxylation sites is 1. The van der Waals surface area contributed by atoms with Gasteiger partial charge in [-0.15, -0.1) is 0 Å². The minimum absolute atomic E-state index is 0.118. The number of benzene rings is 1. The van der Waals surface area contributed by atoms with Crippen molar-refractivity contribution >= 4 is 17.9 Å². The van der Waals surface area contributed by atoms with Crippen LogP contribution in [0, 0.1) is 5.92 Å². The van der Waals surface area contributed by atoms with Gasteiger partial charge in [-0.1, -0.05) is 32.0 Å². The number of aryl methyl sites for hydroxylation is 1. The number of hydrogen-bond donors (Lipinski definition) is 2. The normalized spacial score (nSPS) is 10.5. The Labute approximate surface area is 157 Å². The van der Waals surface area contributed by atoms with Crippen LogP contribution in [0.15, 0.2) is 42.7 Å². The first-order valence-corrected chi connectivity index (χ1v) is 8.76. The molecule has 8 nitrogen and oxygen atoms in total. The van der Waals surface area contributed by atoms with Crippen LogP contribution in [0.5, 0.6) is 0 Å². The van der Waals surface area contributed by atoms with Crippen molar-refractivity contribution in [1.29, 1.82) is 0 Å². The molecule has 144 valence electrons. The van der Waals surface area contributed by atoms with Crippen LogP contribution in [0.4, 0.5) is 4.79 Å².